The van der Waals surface area contributed by atoms with Crippen LogP contribution >= 0.6 is 0 Å². The van der Waals surface area contributed by atoms with Crippen LogP contribution < -0.4 is 56.5 Å². The van der Waals surface area contributed by atoms with Crippen LogP contribution in [0, 0.1) is 0 Å². The molecule has 0 atom stereocenters. The van der Waals surface area contributed by atoms with E-state index >= 15 is 0 Å². The van der Waals surface area contributed by atoms with Crippen LogP contribution in [0.25, 0.3) is 0 Å². The van der Waals surface area contributed by atoms with Crippen molar-refractivity contribution in [3.8, 4) is 0 Å². The van der Waals surface area contributed by atoms with Crippen molar-refractivity contribution in [3.05, 3.63) is 0 Å². The summed E-state index contributed by atoms with van der Waals surface area (Å²) in [6, 6.07) is 0. The molecule has 0 aromatic heterocycles. The fraction of sp³-hybridized carbons (Fsp3) is 0. The van der Waals surface area contributed by atoms with Crippen LogP contribution in [0.2, 0.25) is 0 Å². The first kappa shape index (κ1) is 15.6. The van der Waals surface area contributed by atoms with Gasteiger partial charge in [0.05, 0.1) is 0 Å². The molecule has 0 unspecified atom stereocenters. The van der Waals surface area contributed by atoms with Crippen molar-refractivity contribution >= 4 is 57.9 Å². The SMILES string of the molecule is O=C[O-].[K+].[K]. The molecule has 0 aliphatic carbocycles. The number of carbonyl (C=O) groups excluding carboxylic acids is 1. The monoisotopic (exact) mass is 123 g/mol. The van der Waals surface area contributed by atoms with Crippen LogP contribution in [0.5, 0.6) is 0 Å². The molecular weight excluding hydrogens is 122 g/mol. The van der Waals surface area contributed by atoms with Crippen molar-refractivity contribution in [2.24, 2.45) is 0 Å². The van der Waals surface area contributed by atoms with Crippen molar-refractivity contribution in [2.75, 3.05) is 0 Å². The quantitative estimate of drug-likeness (QED) is 0.239. The molecule has 19 valence electrons. The van der Waals surface area contributed by atoms with E-state index in [2.05, 4.69) is 0 Å². The fourth-order valence-corrected chi connectivity index (χ4v) is 0. The summed E-state index contributed by atoms with van der Waals surface area (Å²) < 4.78 is 0. The molecule has 0 aromatic carbocycles. The minimum Gasteiger partial charge on any atom is -0.554 e. The van der Waals surface area contributed by atoms with E-state index in [9.17, 15) is 0 Å². The first-order chi connectivity index (χ1) is 1.41. The summed E-state index contributed by atoms with van der Waals surface area (Å²) in [4.78, 5) is 8.25. The number of rotatable bonds is 0. The molecule has 0 aromatic rings. The third-order valence-electron chi connectivity index (χ3n) is 0. The van der Waals surface area contributed by atoms with Gasteiger partial charge in [-0.1, -0.05) is 0 Å². The zero-order valence-corrected chi connectivity index (χ0v) is 9.64. The molecule has 0 spiro atoms. The van der Waals surface area contributed by atoms with Gasteiger partial charge in [-0.3, -0.25) is 0 Å². The molecule has 0 fully saturated rings. The molecule has 2 nitrogen and oxygen atoms in total. The normalized spacial score (nSPS) is 2.40. The van der Waals surface area contributed by atoms with Gasteiger partial charge in [0, 0.05) is 57.9 Å². The molecule has 5 heavy (non-hydrogen) atoms. The van der Waals surface area contributed by atoms with Gasteiger partial charge in [0.1, 0.15) is 0 Å². The zero-order valence-electron chi connectivity index (χ0n) is 3.39. The van der Waals surface area contributed by atoms with E-state index in [1.54, 1.807) is 0 Å². The van der Waals surface area contributed by atoms with E-state index in [1.807, 2.05) is 0 Å². The van der Waals surface area contributed by atoms with E-state index in [0.717, 1.165) is 0 Å². The van der Waals surface area contributed by atoms with Crippen LogP contribution in [0.4, 0.5) is 0 Å². The summed E-state index contributed by atoms with van der Waals surface area (Å²) in [7, 11) is 0. The average Bonchev–Trinajstić information content (AvgIpc) is 0.918. The first-order valence-electron chi connectivity index (χ1n) is 0.471. The van der Waals surface area contributed by atoms with E-state index in [-0.39, 0.29) is 103 Å². The minimum atomic E-state index is -0.500. The predicted molar refractivity (Wildman–Crippen MR) is 11.8 cm³/mol. The maximum atomic E-state index is 8.25. The standard InChI is InChI=1S/CH2O2.2K/c2-1-3;;/h1H,(H,2,3);;/q;;+1/p-1. The van der Waals surface area contributed by atoms with Gasteiger partial charge in [-0.05, 0) is 0 Å². The van der Waals surface area contributed by atoms with E-state index in [0.29, 0.717) is 0 Å². The van der Waals surface area contributed by atoms with E-state index in [4.69, 9.17) is 9.90 Å². The van der Waals surface area contributed by atoms with Gasteiger partial charge in [-0.2, -0.15) is 0 Å². The Morgan fingerprint density at radius 2 is 1.60 bits per heavy atom. The molecule has 0 heterocycles. The molecule has 0 bridgehead atoms. The maximum absolute atomic E-state index is 8.25. The molecule has 0 saturated heterocycles. The Bertz CT molecular complexity index is 15.1. The minimum absolute atomic E-state index is 0. The first-order valence-corrected chi connectivity index (χ1v) is 0.471. The molecule has 0 amide bonds. The molecule has 1 radical (unpaired) electrons. The molecular formula is CHK2O2. The van der Waals surface area contributed by atoms with Gasteiger partial charge in [0.15, 0.2) is 0 Å². The second-order valence-electron chi connectivity index (χ2n) is 0.0962. The van der Waals surface area contributed by atoms with E-state index in [1.165, 1.54) is 0 Å². The summed E-state index contributed by atoms with van der Waals surface area (Å²) in [6.45, 7) is -0.500. The molecule has 4 heteroatoms. The third kappa shape index (κ3) is 20.2. The van der Waals surface area contributed by atoms with Gasteiger partial charge in [-0.25, -0.2) is 0 Å². The Labute approximate surface area is 116 Å². The zero-order chi connectivity index (χ0) is 2.71. The van der Waals surface area contributed by atoms with Gasteiger partial charge in [-0.15, -0.1) is 0 Å². The Balaban J connectivity index is -0.0000000200. The van der Waals surface area contributed by atoms with Gasteiger partial charge < -0.3 is 9.90 Å². The van der Waals surface area contributed by atoms with Crippen LogP contribution in [0.15, 0.2) is 0 Å². The van der Waals surface area contributed by atoms with Crippen LogP contribution in [0.3, 0.4) is 0 Å². The maximum Gasteiger partial charge on any atom is 1.00 e. The molecule has 0 N–H and O–H groups in total. The number of hydrogen-bond donors (Lipinski definition) is 0. The second-order valence-corrected chi connectivity index (χ2v) is 0.0962. The van der Waals surface area contributed by atoms with Crippen LogP contribution in [0.1, 0.15) is 0 Å². The Morgan fingerprint density at radius 3 is 1.60 bits per heavy atom. The largest absolute Gasteiger partial charge is 1.00 e. The molecule has 0 rings (SSSR count). The van der Waals surface area contributed by atoms with Crippen LogP contribution in [-0.4, -0.2) is 57.9 Å². The summed E-state index contributed by atoms with van der Waals surface area (Å²) in [5.74, 6) is 0. The molecule has 0 saturated carbocycles. The summed E-state index contributed by atoms with van der Waals surface area (Å²) in [6.07, 6.45) is 0. The number of carbonyl (C=O) groups is 1. The van der Waals surface area contributed by atoms with Gasteiger partial charge in [0.2, 0.25) is 0 Å². The topological polar surface area (TPSA) is 40.1 Å². The predicted octanol–water partition coefficient (Wildman–Crippen LogP) is -5.01. The van der Waals surface area contributed by atoms with Crippen molar-refractivity contribution in [2.45, 2.75) is 0 Å². The Morgan fingerprint density at radius 1 is 1.60 bits per heavy atom. The fourth-order valence-electron chi connectivity index (χ4n) is 0. The summed E-state index contributed by atoms with van der Waals surface area (Å²) in [5.41, 5.74) is 0. The van der Waals surface area contributed by atoms with Gasteiger partial charge in [0.25, 0.3) is 0 Å². The van der Waals surface area contributed by atoms with Crippen molar-refractivity contribution in [3.63, 3.8) is 0 Å². The Kier molecular flexibility index (Phi) is 49.7. The molecule has 0 aliphatic heterocycles. The average molecular weight is 123 g/mol. The van der Waals surface area contributed by atoms with Crippen LogP contribution in [-0.2, 0) is 4.79 Å². The summed E-state index contributed by atoms with van der Waals surface area (Å²) in [5, 5.41) is 8.25. The third-order valence-corrected chi connectivity index (χ3v) is 0. The smallest absolute Gasteiger partial charge is 0.554 e. The number of carboxylic acid groups (broad SMARTS) is 1. The van der Waals surface area contributed by atoms with E-state index < -0.39 is 6.47 Å². The molecule has 0 aliphatic rings. The summed E-state index contributed by atoms with van der Waals surface area (Å²) >= 11 is 0. The second kappa shape index (κ2) is 15.9. The number of hydrogen-bond acceptors (Lipinski definition) is 2. The van der Waals surface area contributed by atoms with Gasteiger partial charge >= 0.3 is 51.4 Å². The Hall–Kier alpha value is 2.74. The van der Waals surface area contributed by atoms with Crippen molar-refractivity contribution in [1.29, 1.82) is 0 Å². The van der Waals surface area contributed by atoms with Crippen molar-refractivity contribution in [1.82, 2.24) is 0 Å². The van der Waals surface area contributed by atoms with Crippen molar-refractivity contribution < 1.29 is 61.3 Å².